The number of rotatable bonds is 4. The van der Waals surface area contributed by atoms with E-state index in [0.717, 1.165) is 6.42 Å². The SMILES string of the molecule is C[C@H](NC(=O)N1CCO[C@H](Cc2ccccc2)C1)C1CC1. The van der Waals surface area contributed by atoms with Crippen LogP contribution in [0.25, 0.3) is 0 Å². The van der Waals surface area contributed by atoms with Crippen LogP contribution in [-0.2, 0) is 11.2 Å². The quantitative estimate of drug-likeness (QED) is 0.924. The van der Waals surface area contributed by atoms with Crippen LogP contribution < -0.4 is 5.32 Å². The van der Waals surface area contributed by atoms with Crippen LogP contribution in [0.1, 0.15) is 25.3 Å². The summed E-state index contributed by atoms with van der Waals surface area (Å²) in [6, 6.07) is 10.7. The first-order valence-electron chi connectivity index (χ1n) is 7.93. The van der Waals surface area contributed by atoms with Crippen molar-refractivity contribution in [1.29, 1.82) is 0 Å². The van der Waals surface area contributed by atoms with Crippen LogP contribution in [0.15, 0.2) is 30.3 Å². The lowest BCUT2D eigenvalue weighted by Gasteiger charge is -2.34. The third-order valence-electron chi connectivity index (χ3n) is 4.41. The largest absolute Gasteiger partial charge is 0.374 e. The Bertz CT molecular complexity index is 473. The lowest BCUT2D eigenvalue weighted by molar-refractivity contribution is -0.0136. The van der Waals surface area contributed by atoms with E-state index in [-0.39, 0.29) is 12.1 Å². The third kappa shape index (κ3) is 3.97. The molecule has 4 nitrogen and oxygen atoms in total. The molecule has 0 aromatic heterocycles. The van der Waals surface area contributed by atoms with Gasteiger partial charge in [0.1, 0.15) is 0 Å². The highest BCUT2D eigenvalue weighted by atomic mass is 16.5. The van der Waals surface area contributed by atoms with Crippen molar-refractivity contribution in [3.63, 3.8) is 0 Å². The molecule has 1 aromatic rings. The van der Waals surface area contributed by atoms with E-state index in [1.54, 1.807) is 0 Å². The van der Waals surface area contributed by atoms with Gasteiger partial charge in [0.15, 0.2) is 0 Å². The molecule has 3 rings (SSSR count). The smallest absolute Gasteiger partial charge is 0.317 e. The van der Waals surface area contributed by atoms with Crippen LogP contribution in [-0.4, -0.2) is 42.8 Å². The first-order chi connectivity index (χ1) is 10.2. The molecule has 0 radical (unpaired) electrons. The topological polar surface area (TPSA) is 41.6 Å². The third-order valence-corrected chi connectivity index (χ3v) is 4.41. The van der Waals surface area contributed by atoms with E-state index in [1.807, 2.05) is 23.1 Å². The fourth-order valence-electron chi connectivity index (χ4n) is 2.90. The molecule has 21 heavy (non-hydrogen) atoms. The number of benzene rings is 1. The van der Waals surface area contributed by atoms with Crippen LogP contribution in [0.2, 0.25) is 0 Å². The van der Waals surface area contributed by atoms with E-state index in [0.29, 0.717) is 31.7 Å². The van der Waals surface area contributed by atoms with Gasteiger partial charge in [0.2, 0.25) is 0 Å². The zero-order valence-corrected chi connectivity index (χ0v) is 12.6. The molecule has 1 N–H and O–H groups in total. The molecule has 2 atom stereocenters. The maximum Gasteiger partial charge on any atom is 0.317 e. The summed E-state index contributed by atoms with van der Waals surface area (Å²) in [4.78, 5) is 14.2. The van der Waals surface area contributed by atoms with Crippen molar-refractivity contribution >= 4 is 6.03 Å². The number of urea groups is 1. The Morgan fingerprint density at radius 3 is 2.86 bits per heavy atom. The van der Waals surface area contributed by atoms with Crippen molar-refractivity contribution in [2.24, 2.45) is 5.92 Å². The normalized spacial score (nSPS) is 23.7. The van der Waals surface area contributed by atoms with Gasteiger partial charge >= 0.3 is 6.03 Å². The fraction of sp³-hybridized carbons (Fsp3) is 0.588. The Morgan fingerprint density at radius 2 is 2.14 bits per heavy atom. The Labute approximate surface area is 126 Å². The van der Waals surface area contributed by atoms with Gasteiger partial charge in [0.05, 0.1) is 12.7 Å². The summed E-state index contributed by atoms with van der Waals surface area (Å²) in [6.45, 7) is 4.10. The zero-order chi connectivity index (χ0) is 14.7. The average molecular weight is 288 g/mol. The predicted molar refractivity (Wildman–Crippen MR) is 82.2 cm³/mol. The monoisotopic (exact) mass is 288 g/mol. The first kappa shape index (κ1) is 14.4. The number of hydrogen-bond donors (Lipinski definition) is 1. The number of ether oxygens (including phenoxy) is 1. The molecule has 1 saturated heterocycles. The van der Waals surface area contributed by atoms with Gasteiger partial charge in [-0.25, -0.2) is 4.79 Å². The molecule has 1 saturated carbocycles. The Hall–Kier alpha value is -1.55. The molecular formula is C17H24N2O2. The number of carbonyl (C=O) groups excluding carboxylic acids is 1. The van der Waals surface area contributed by atoms with Crippen molar-refractivity contribution in [2.75, 3.05) is 19.7 Å². The lowest BCUT2D eigenvalue weighted by Crippen LogP contribution is -2.52. The summed E-state index contributed by atoms with van der Waals surface area (Å²) in [5.74, 6) is 0.690. The van der Waals surface area contributed by atoms with Gasteiger partial charge in [-0.05, 0) is 31.2 Å². The highest BCUT2D eigenvalue weighted by Gasteiger charge is 2.31. The molecule has 0 bridgehead atoms. The van der Waals surface area contributed by atoms with Gasteiger partial charge in [-0.15, -0.1) is 0 Å². The lowest BCUT2D eigenvalue weighted by atomic mass is 10.1. The highest BCUT2D eigenvalue weighted by molar-refractivity contribution is 5.74. The standard InChI is InChI=1S/C17H24N2O2/c1-13(15-7-8-15)18-17(20)19-9-10-21-16(12-19)11-14-5-3-2-4-6-14/h2-6,13,15-16H,7-12H2,1H3,(H,18,20)/t13-,16+/m0/s1. The summed E-state index contributed by atoms with van der Waals surface area (Å²) in [6.07, 6.45) is 3.47. The van der Waals surface area contributed by atoms with Crippen LogP contribution in [0.5, 0.6) is 0 Å². The van der Waals surface area contributed by atoms with Gasteiger partial charge < -0.3 is 15.0 Å². The summed E-state index contributed by atoms with van der Waals surface area (Å²) >= 11 is 0. The minimum atomic E-state index is 0.0655. The van der Waals surface area contributed by atoms with E-state index >= 15 is 0 Å². The van der Waals surface area contributed by atoms with Crippen LogP contribution >= 0.6 is 0 Å². The molecule has 2 fully saturated rings. The molecule has 0 spiro atoms. The molecule has 114 valence electrons. The van der Waals surface area contributed by atoms with Crippen molar-refractivity contribution in [2.45, 2.75) is 38.3 Å². The van der Waals surface area contributed by atoms with E-state index in [9.17, 15) is 4.79 Å². The molecule has 1 aromatic carbocycles. The summed E-state index contributed by atoms with van der Waals surface area (Å²) in [5, 5.41) is 3.13. The molecule has 4 heteroatoms. The number of hydrogen-bond acceptors (Lipinski definition) is 2. The summed E-state index contributed by atoms with van der Waals surface area (Å²) in [5.41, 5.74) is 1.26. The molecular weight excluding hydrogens is 264 g/mol. The summed E-state index contributed by atoms with van der Waals surface area (Å²) in [7, 11) is 0. The molecule has 0 unspecified atom stereocenters. The zero-order valence-electron chi connectivity index (χ0n) is 12.6. The molecule has 1 heterocycles. The van der Waals surface area contributed by atoms with Gasteiger partial charge in [0, 0.05) is 25.6 Å². The molecule has 1 aliphatic heterocycles. The number of nitrogens with one attached hydrogen (secondary N) is 1. The number of nitrogens with zero attached hydrogens (tertiary/aromatic N) is 1. The van der Waals surface area contributed by atoms with Gasteiger partial charge in [-0.1, -0.05) is 30.3 Å². The predicted octanol–water partition coefficient (Wildman–Crippen LogP) is 2.44. The van der Waals surface area contributed by atoms with Crippen molar-refractivity contribution in [1.82, 2.24) is 10.2 Å². The van der Waals surface area contributed by atoms with Gasteiger partial charge in [-0.2, -0.15) is 0 Å². The second-order valence-electron chi connectivity index (χ2n) is 6.20. The Kier molecular flexibility index (Phi) is 4.44. The second-order valence-corrected chi connectivity index (χ2v) is 6.20. The Morgan fingerprint density at radius 1 is 1.38 bits per heavy atom. The minimum absolute atomic E-state index is 0.0655. The van der Waals surface area contributed by atoms with E-state index in [1.165, 1.54) is 18.4 Å². The van der Waals surface area contributed by atoms with Crippen LogP contribution in [0.3, 0.4) is 0 Å². The van der Waals surface area contributed by atoms with Crippen LogP contribution in [0.4, 0.5) is 4.79 Å². The molecule has 1 aliphatic carbocycles. The van der Waals surface area contributed by atoms with E-state index < -0.39 is 0 Å². The number of amides is 2. The van der Waals surface area contributed by atoms with E-state index in [4.69, 9.17) is 4.74 Å². The van der Waals surface area contributed by atoms with Gasteiger partial charge in [-0.3, -0.25) is 0 Å². The average Bonchev–Trinajstić information content (AvgIpc) is 3.33. The number of carbonyl (C=O) groups is 1. The van der Waals surface area contributed by atoms with Crippen molar-refractivity contribution in [3.05, 3.63) is 35.9 Å². The first-order valence-corrected chi connectivity index (χ1v) is 7.93. The van der Waals surface area contributed by atoms with Crippen molar-refractivity contribution < 1.29 is 9.53 Å². The Balaban J connectivity index is 1.51. The van der Waals surface area contributed by atoms with Crippen LogP contribution in [0, 0.1) is 5.92 Å². The maximum atomic E-state index is 12.3. The molecule has 2 amide bonds. The highest BCUT2D eigenvalue weighted by Crippen LogP contribution is 2.32. The van der Waals surface area contributed by atoms with Crippen molar-refractivity contribution in [3.8, 4) is 0 Å². The summed E-state index contributed by atoms with van der Waals surface area (Å²) < 4.78 is 5.81. The minimum Gasteiger partial charge on any atom is -0.374 e. The van der Waals surface area contributed by atoms with E-state index in [2.05, 4.69) is 24.4 Å². The maximum absolute atomic E-state index is 12.3. The van der Waals surface area contributed by atoms with Gasteiger partial charge in [0.25, 0.3) is 0 Å². The fourth-order valence-corrected chi connectivity index (χ4v) is 2.90. The number of morpholine rings is 1. The molecule has 2 aliphatic rings. The second kappa shape index (κ2) is 6.48.